The minimum atomic E-state index is -1.02. The second-order valence-corrected chi connectivity index (χ2v) is 6.64. The minimum absolute atomic E-state index is 0.278. The molecule has 0 atom stereocenters. The molecular weight excluding hydrogens is 431 g/mol. The van der Waals surface area contributed by atoms with Crippen molar-refractivity contribution in [1.29, 1.82) is 0 Å². The lowest BCUT2D eigenvalue weighted by atomic mass is 10.2. The molecule has 0 aliphatic carbocycles. The molecule has 2 aromatic rings. The predicted molar refractivity (Wildman–Crippen MR) is 103 cm³/mol. The SMILES string of the molecule is CCOc1cc(/C=C/C(=O)O)cc(Br)c1OCc1ccc(Cl)c(Cl)c1. The number of halogens is 3. The Balaban J connectivity index is 2.26. The Morgan fingerprint density at radius 3 is 2.60 bits per heavy atom. The van der Waals surface area contributed by atoms with Crippen molar-refractivity contribution in [1.82, 2.24) is 0 Å². The van der Waals surface area contributed by atoms with Gasteiger partial charge < -0.3 is 14.6 Å². The largest absolute Gasteiger partial charge is 0.490 e. The van der Waals surface area contributed by atoms with Gasteiger partial charge in [-0.2, -0.15) is 0 Å². The van der Waals surface area contributed by atoms with Gasteiger partial charge in [0.05, 0.1) is 21.1 Å². The van der Waals surface area contributed by atoms with Crippen molar-refractivity contribution >= 4 is 51.2 Å². The standard InChI is InChI=1S/C18H15BrCl2O4/c1-2-24-16-9-11(4-6-17(22)23)7-13(19)18(16)25-10-12-3-5-14(20)15(21)8-12/h3-9H,2,10H2,1H3,(H,22,23)/b6-4+. The Hall–Kier alpha value is -1.69. The summed E-state index contributed by atoms with van der Waals surface area (Å²) in [7, 11) is 0. The van der Waals surface area contributed by atoms with E-state index in [1.165, 1.54) is 6.08 Å². The van der Waals surface area contributed by atoms with E-state index in [1.807, 2.05) is 13.0 Å². The van der Waals surface area contributed by atoms with E-state index < -0.39 is 5.97 Å². The van der Waals surface area contributed by atoms with Crippen LogP contribution in [0, 0.1) is 0 Å². The van der Waals surface area contributed by atoms with Crippen LogP contribution in [0.5, 0.6) is 11.5 Å². The lowest BCUT2D eigenvalue weighted by Crippen LogP contribution is -2.01. The summed E-state index contributed by atoms with van der Waals surface area (Å²) in [6, 6.07) is 8.75. The van der Waals surface area contributed by atoms with Crippen LogP contribution >= 0.6 is 39.1 Å². The first-order chi connectivity index (χ1) is 11.9. The molecule has 0 aliphatic heterocycles. The van der Waals surface area contributed by atoms with Crippen molar-refractivity contribution in [2.45, 2.75) is 13.5 Å². The van der Waals surface area contributed by atoms with E-state index in [-0.39, 0.29) is 6.61 Å². The Labute approximate surface area is 164 Å². The highest BCUT2D eigenvalue weighted by Crippen LogP contribution is 2.38. The third kappa shape index (κ3) is 5.66. The van der Waals surface area contributed by atoms with Gasteiger partial charge in [0.1, 0.15) is 6.61 Å². The normalized spacial score (nSPS) is 10.9. The van der Waals surface area contributed by atoms with E-state index >= 15 is 0 Å². The van der Waals surface area contributed by atoms with E-state index in [4.69, 9.17) is 37.8 Å². The number of rotatable bonds is 7. The van der Waals surface area contributed by atoms with Gasteiger partial charge in [-0.3, -0.25) is 0 Å². The zero-order valence-electron chi connectivity index (χ0n) is 13.3. The summed E-state index contributed by atoms with van der Waals surface area (Å²) >= 11 is 15.4. The molecule has 0 aliphatic rings. The highest BCUT2D eigenvalue weighted by molar-refractivity contribution is 9.10. The van der Waals surface area contributed by atoms with Gasteiger partial charge in [0, 0.05) is 6.08 Å². The fourth-order valence-electron chi connectivity index (χ4n) is 2.04. The van der Waals surface area contributed by atoms with E-state index in [0.717, 1.165) is 11.6 Å². The number of hydrogen-bond acceptors (Lipinski definition) is 3. The van der Waals surface area contributed by atoms with E-state index in [1.54, 1.807) is 24.3 Å². The molecule has 0 amide bonds. The monoisotopic (exact) mass is 444 g/mol. The van der Waals surface area contributed by atoms with Crippen LogP contribution in [-0.4, -0.2) is 17.7 Å². The third-order valence-electron chi connectivity index (χ3n) is 3.12. The summed E-state index contributed by atoms with van der Waals surface area (Å²) < 4.78 is 12.1. The molecule has 0 spiro atoms. The first-order valence-electron chi connectivity index (χ1n) is 7.34. The number of hydrogen-bond donors (Lipinski definition) is 1. The summed E-state index contributed by atoms with van der Waals surface area (Å²) in [6.45, 7) is 2.58. The van der Waals surface area contributed by atoms with Gasteiger partial charge in [-0.25, -0.2) is 4.79 Å². The van der Waals surface area contributed by atoms with Crippen molar-refractivity contribution in [2.75, 3.05) is 6.61 Å². The Morgan fingerprint density at radius 1 is 1.20 bits per heavy atom. The molecule has 0 fully saturated rings. The van der Waals surface area contributed by atoms with E-state index in [2.05, 4.69) is 15.9 Å². The van der Waals surface area contributed by atoms with Crippen molar-refractivity contribution in [3.8, 4) is 11.5 Å². The molecule has 0 heterocycles. The summed E-state index contributed by atoms with van der Waals surface area (Å²) in [5, 5.41) is 9.69. The highest BCUT2D eigenvalue weighted by Gasteiger charge is 2.12. The van der Waals surface area contributed by atoms with Crippen LogP contribution in [0.1, 0.15) is 18.1 Å². The lowest BCUT2D eigenvalue weighted by Gasteiger charge is -2.15. The van der Waals surface area contributed by atoms with Crippen molar-refractivity contribution in [3.05, 3.63) is 62.1 Å². The van der Waals surface area contributed by atoms with Gasteiger partial charge in [0.2, 0.25) is 0 Å². The molecular formula is C18H15BrCl2O4. The maximum Gasteiger partial charge on any atom is 0.328 e. The van der Waals surface area contributed by atoms with Crippen LogP contribution in [0.4, 0.5) is 0 Å². The number of carbonyl (C=O) groups is 1. The first kappa shape index (κ1) is 19.6. The average Bonchev–Trinajstić information content (AvgIpc) is 2.55. The van der Waals surface area contributed by atoms with E-state index in [9.17, 15) is 4.79 Å². The summed E-state index contributed by atoms with van der Waals surface area (Å²) in [4.78, 5) is 10.7. The quantitative estimate of drug-likeness (QED) is 0.544. The first-order valence-corrected chi connectivity index (χ1v) is 8.89. The van der Waals surface area contributed by atoms with Gasteiger partial charge in [0.25, 0.3) is 0 Å². The van der Waals surface area contributed by atoms with Gasteiger partial charge >= 0.3 is 5.97 Å². The summed E-state index contributed by atoms with van der Waals surface area (Å²) in [5.41, 5.74) is 1.54. The maximum atomic E-state index is 10.7. The lowest BCUT2D eigenvalue weighted by molar-refractivity contribution is -0.131. The molecule has 25 heavy (non-hydrogen) atoms. The molecule has 0 bridgehead atoms. The zero-order valence-corrected chi connectivity index (χ0v) is 16.4. The third-order valence-corrected chi connectivity index (χ3v) is 4.45. The van der Waals surface area contributed by atoms with Crippen LogP contribution in [-0.2, 0) is 11.4 Å². The number of ether oxygens (including phenoxy) is 2. The Morgan fingerprint density at radius 2 is 1.96 bits per heavy atom. The van der Waals surface area contributed by atoms with Gasteiger partial charge in [-0.05, 0) is 64.3 Å². The van der Waals surface area contributed by atoms with Gasteiger partial charge in [-0.15, -0.1) is 0 Å². The predicted octanol–water partition coefficient (Wildman–Crippen LogP) is 5.83. The van der Waals surface area contributed by atoms with Crippen molar-refractivity contribution < 1.29 is 19.4 Å². The van der Waals surface area contributed by atoms with Crippen LogP contribution in [0.25, 0.3) is 6.08 Å². The van der Waals surface area contributed by atoms with Crippen LogP contribution in [0.3, 0.4) is 0 Å². The number of carboxylic acids is 1. The Bertz CT molecular complexity index is 806. The highest BCUT2D eigenvalue weighted by atomic mass is 79.9. The molecule has 7 heteroatoms. The summed E-state index contributed by atoms with van der Waals surface area (Å²) in [6.07, 6.45) is 2.55. The fourth-order valence-corrected chi connectivity index (χ4v) is 2.93. The van der Waals surface area contributed by atoms with E-state index in [0.29, 0.717) is 38.2 Å². The molecule has 4 nitrogen and oxygen atoms in total. The van der Waals surface area contributed by atoms with Gasteiger partial charge in [0.15, 0.2) is 11.5 Å². The molecule has 0 unspecified atom stereocenters. The number of carboxylic acid groups (broad SMARTS) is 1. The number of aliphatic carboxylic acids is 1. The minimum Gasteiger partial charge on any atom is -0.490 e. The Kier molecular flexibility index (Phi) is 7.17. The fraction of sp³-hybridized carbons (Fsp3) is 0.167. The topological polar surface area (TPSA) is 55.8 Å². The molecule has 2 rings (SSSR count). The second-order valence-electron chi connectivity index (χ2n) is 4.97. The number of benzene rings is 2. The molecule has 132 valence electrons. The average molecular weight is 446 g/mol. The van der Waals surface area contributed by atoms with Crippen LogP contribution in [0.15, 0.2) is 40.9 Å². The molecule has 0 aromatic heterocycles. The van der Waals surface area contributed by atoms with Crippen LogP contribution < -0.4 is 9.47 Å². The molecule has 0 saturated heterocycles. The van der Waals surface area contributed by atoms with Crippen LogP contribution in [0.2, 0.25) is 10.0 Å². The molecule has 2 aromatic carbocycles. The second kappa shape index (κ2) is 9.13. The van der Waals surface area contributed by atoms with Crippen molar-refractivity contribution in [2.24, 2.45) is 0 Å². The molecule has 0 saturated carbocycles. The summed E-state index contributed by atoms with van der Waals surface area (Å²) in [5.74, 6) is 0.0244. The van der Waals surface area contributed by atoms with Gasteiger partial charge in [-0.1, -0.05) is 29.3 Å². The molecule has 1 N–H and O–H groups in total. The maximum absolute atomic E-state index is 10.7. The van der Waals surface area contributed by atoms with Crippen molar-refractivity contribution in [3.63, 3.8) is 0 Å². The molecule has 0 radical (unpaired) electrons. The smallest absolute Gasteiger partial charge is 0.328 e. The zero-order chi connectivity index (χ0) is 18.4.